The number of ether oxygens (including phenoxy) is 1. The molecule has 0 spiro atoms. The van der Waals surface area contributed by atoms with Crippen molar-refractivity contribution < 1.29 is 27.1 Å². The summed E-state index contributed by atoms with van der Waals surface area (Å²) >= 11 is 5.84. The van der Waals surface area contributed by atoms with E-state index in [0.717, 1.165) is 18.2 Å². The van der Waals surface area contributed by atoms with Crippen molar-refractivity contribution in [3.8, 4) is 11.6 Å². The third kappa shape index (κ3) is 4.49. The van der Waals surface area contributed by atoms with Crippen molar-refractivity contribution in [2.75, 3.05) is 5.32 Å². The molecule has 0 aliphatic carbocycles. The van der Waals surface area contributed by atoms with E-state index in [0.29, 0.717) is 6.07 Å². The molecular formula is C16H8ClF4N5O2. The van der Waals surface area contributed by atoms with Gasteiger partial charge in [0.25, 0.3) is 11.8 Å². The maximum absolute atomic E-state index is 13.2. The van der Waals surface area contributed by atoms with Gasteiger partial charge in [-0.3, -0.25) is 4.79 Å². The Hall–Kier alpha value is -3.34. The summed E-state index contributed by atoms with van der Waals surface area (Å²) in [4.78, 5) is 12.5. The zero-order valence-electron chi connectivity index (χ0n) is 13.5. The molecule has 0 unspecified atom stereocenters. The van der Waals surface area contributed by atoms with Crippen molar-refractivity contribution in [2.24, 2.45) is 0 Å². The van der Waals surface area contributed by atoms with E-state index in [1.54, 1.807) is 0 Å². The van der Waals surface area contributed by atoms with Gasteiger partial charge in [-0.25, -0.2) is 4.39 Å². The van der Waals surface area contributed by atoms with Crippen molar-refractivity contribution in [1.29, 1.82) is 0 Å². The summed E-state index contributed by atoms with van der Waals surface area (Å²) in [7, 11) is 0. The van der Waals surface area contributed by atoms with Crippen LogP contribution in [-0.2, 0) is 6.18 Å². The van der Waals surface area contributed by atoms with Gasteiger partial charge in [0.05, 0.1) is 23.1 Å². The topological polar surface area (TPSA) is 89.9 Å². The molecule has 0 fully saturated rings. The van der Waals surface area contributed by atoms with Crippen molar-refractivity contribution in [3.05, 3.63) is 64.8 Å². The van der Waals surface area contributed by atoms with Crippen LogP contribution in [0.25, 0.3) is 0 Å². The highest BCUT2D eigenvalue weighted by Gasteiger charge is 2.35. The molecule has 0 aliphatic heterocycles. The van der Waals surface area contributed by atoms with E-state index < -0.39 is 35.0 Å². The molecule has 0 bridgehead atoms. The Labute approximate surface area is 159 Å². The van der Waals surface area contributed by atoms with E-state index in [4.69, 9.17) is 16.3 Å². The zero-order chi connectivity index (χ0) is 20.3. The average Bonchev–Trinajstić information content (AvgIpc) is 2.64. The lowest BCUT2D eigenvalue weighted by Gasteiger charge is -2.13. The minimum atomic E-state index is -4.84. The molecule has 0 atom stereocenters. The number of nitrogens with zero attached hydrogens (tertiary/aromatic N) is 4. The molecule has 12 heteroatoms. The second-order valence-electron chi connectivity index (χ2n) is 5.21. The number of halogens is 5. The van der Waals surface area contributed by atoms with Crippen molar-refractivity contribution in [1.82, 2.24) is 20.4 Å². The number of carbonyl (C=O) groups is 1. The summed E-state index contributed by atoms with van der Waals surface area (Å²) in [5.74, 6) is -2.31. The molecule has 28 heavy (non-hydrogen) atoms. The highest BCUT2D eigenvalue weighted by molar-refractivity contribution is 6.32. The monoisotopic (exact) mass is 413 g/mol. The molecule has 0 saturated carbocycles. The van der Waals surface area contributed by atoms with Crippen LogP contribution in [0.3, 0.4) is 0 Å². The second-order valence-corrected chi connectivity index (χ2v) is 5.62. The first-order valence-corrected chi connectivity index (χ1v) is 7.77. The van der Waals surface area contributed by atoms with Crippen LogP contribution >= 0.6 is 11.6 Å². The summed E-state index contributed by atoms with van der Waals surface area (Å²) in [5.41, 5.74) is -1.79. The molecule has 7 nitrogen and oxygen atoms in total. The molecule has 144 valence electrons. The summed E-state index contributed by atoms with van der Waals surface area (Å²) in [6, 6.07) is 4.93. The maximum atomic E-state index is 13.2. The predicted octanol–water partition coefficient (Wildman–Crippen LogP) is 4.12. The van der Waals surface area contributed by atoms with Gasteiger partial charge in [0.15, 0.2) is 5.69 Å². The van der Waals surface area contributed by atoms with Gasteiger partial charge in [0, 0.05) is 0 Å². The van der Waals surface area contributed by atoms with Crippen LogP contribution in [0, 0.1) is 5.82 Å². The zero-order valence-corrected chi connectivity index (χ0v) is 14.3. The number of carbonyl (C=O) groups excluding carboxylic acids is 1. The van der Waals surface area contributed by atoms with Crippen molar-refractivity contribution in [2.45, 2.75) is 6.18 Å². The maximum Gasteiger partial charge on any atom is 0.435 e. The molecule has 0 saturated heterocycles. The number of hydrogen-bond acceptors (Lipinski definition) is 6. The van der Waals surface area contributed by atoms with Crippen LogP contribution in [-0.4, -0.2) is 26.3 Å². The quantitative estimate of drug-likeness (QED) is 0.647. The Balaban J connectivity index is 2.00. The first kappa shape index (κ1) is 19.4. The summed E-state index contributed by atoms with van der Waals surface area (Å²) < 4.78 is 57.4. The lowest BCUT2D eigenvalue weighted by Crippen LogP contribution is -2.18. The Morgan fingerprint density at radius 3 is 2.54 bits per heavy atom. The number of hydrogen-bond donors (Lipinski definition) is 1. The third-order valence-electron chi connectivity index (χ3n) is 3.24. The minimum Gasteiger partial charge on any atom is -0.435 e. The van der Waals surface area contributed by atoms with Gasteiger partial charge in [-0.15, -0.1) is 10.2 Å². The minimum absolute atomic E-state index is 0.128. The van der Waals surface area contributed by atoms with E-state index >= 15 is 0 Å². The summed E-state index contributed by atoms with van der Waals surface area (Å²) in [6.07, 6.45) is -2.38. The number of alkyl halides is 3. The largest absolute Gasteiger partial charge is 0.435 e. The Morgan fingerprint density at radius 1 is 1.11 bits per heavy atom. The molecule has 1 amide bonds. The average molecular weight is 414 g/mol. The fourth-order valence-electron chi connectivity index (χ4n) is 1.98. The number of amides is 1. The fraction of sp³-hybridized carbons (Fsp3) is 0.0625. The number of aromatic nitrogens is 4. The molecule has 1 N–H and O–H groups in total. The Kier molecular flexibility index (Phi) is 5.36. The van der Waals surface area contributed by atoms with Crippen LogP contribution in [0.5, 0.6) is 11.6 Å². The van der Waals surface area contributed by atoms with E-state index in [9.17, 15) is 22.4 Å². The van der Waals surface area contributed by atoms with Gasteiger partial charge in [0.2, 0.25) is 0 Å². The molecule has 3 aromatic rings. The summed E-state index contributed by atoms with van der Waals surface area (Å²) in [6.45, 7) is 0. The van der Waals surface area contributed by atoms with Gasteiger partial charge < -0.3 is 10.1 Å². The van der Waals surface area contributed by atoms with Crippen LogP contribution in [0.15, 0.2) is 42.7 Å². The molecule has 3 rings (SSSR count). The van der Waals surface area contributed by atoms with E-state index in [2.05, 4.69) is 25.7 Å². The number of benzene rings is 1. The first-order valence-electron chi connectivity index (χ1n) is 7.40. The van der Waals surface area contributed by atoms with E-state index in [1.165, 1.54) is 18.5 Å². The molecule has 2 heterocycles. The number of anilines is 1. The van der Waals surface area contributed by atoms with E-state index in [1.807, 2.05) is 0 Å². The highest BCUT2D eigenvalue weighted by Crippen LogP contribution is 2.33. The van der Waals surface area contributed by atoms with Crippen LogP contribution in [0.2, 0.25) is 5.02 Å². The van der Waals surface area contributed by atoms with Crippen molar-refractivity contribution >= 4 is 23.2 Å². The molecule has 1 aromatic carbocycles. The predicted molar refractivity (Wildman–Crippen MR) is 88.5 cm³/mol. The molecule has 0 aliphatic rings. The van der Waals surface area contributed by atoms with Gasteiger partial charge in [0.1, 0.15) is 17.1 Å². The lowest BCUT2D eigenvalue weighted by molar-refractivity contribution is -0.141. The van der Waals surface area contributed by atoms with E-state index in [-0.39, 0.29) is 16.5 Å². The van der Waals surface area contributed by atoms with Gasteiger partial charge >= 0.3 is 6.18 Å². The highest BCUT2D eigenvalue weighted by atomic mass is 35.5. The standard InChI is InChI=1S/C16H8ClF4N5O2/c17-11-5-8(18)1-2-12(11)28-15-10(6-13(25-26-15)16(19,20)21)14(27)24-9-3-4-22-23-7-9/h1-7H,(H,22,24,27). The Bertz CT molecular complexity index is 1020. The lowest BCUT2D eigenvalue weighted by atomic mass is 10.2. The number of nitrogens with one attached hydrogen (secondary N) is 1. The van der Waals surface area contributed by atoms with Crippen molar-refractivity contribution in [3.63, 3.8) is 0 Å². The van der Waals surface area contributed by atoms with Crippen LogP contribution in [0.1, 0.15) is 16.1 Å². The number of rotatable bonds is 4. The normalized spacial score (nSPS) is 11.2. The summed E-state index contributed by atoms with van der Waals surface area (Å²) in [5, 5.41) is 15.6. The molecule has 2 aromatic heterocycles. The smallest absolute Gasteiger partial charge is 0.435 e. The first-order chi connectivity index (χ1) is 13.2. The molecule has 0 radical (unpaired) electrons. The molecular weight excluding hydrogens is 406 g/mol. The second kappa shape index (κ2) is 7.72. The SMILES string of the molecule is O=C(Nc1ccnnc1)c1cc(C(F)(F)F)nnc1Oc1ccc(F)cc1Cl. The Morgan fingerprint density at radius 2 is 1.89 bits per heavy atom. The van der Waals surface area contributed by atoms with Gasteiger partial charge in [-0.1, -0.05) is 11.6 Å². The van der Waals surface area contributed by atoms with Crippen LogP contribution in [0.4, 0.5) is 23.2 Å². The fourth-order valence-corrected chi connectivity index (χ4v) is 2.19. The van der Waals surface area contributed by atoms with Gasteiger partial charge in [-0.05, 0) is 30.3 Å². The van der Waals surface area contributed by atoms with Gasteiger partial charge in [-0.2, -0.15) is 23.4 Å². The third-order valence-corrected chi connectivity index (χ3v) is 3.53. The van der Waals surface area contributed by atoms with Crippen LogP contribution < -0.4 is 10.1 Å².